The molecule has 0 spiro atoms. The van der Waals surface area contributed by atoms with E-state index in [1.165, 1.54) is 21.8 Å². The van der Waals surface area contributed by atoms with Crippen LogP contribution in [0.5, 0.6) is 0 Å². The number of carboxylic acids is 3. The zero-order valence-corrected chi connectivity index (χ0v) is 19.8. The Hall–Kier alpha value is -2.81. The summed E-state index contributed by atoms with van der Waals surface area (Å²) in [5.41, 5.74) is 0. The zero-order chi connectivity index (χ0) is 25.9. The molecule has 0 bridgehead atoms. The van der Waals surface area contributed by atoms with Crippen molar-refractivity contribution in [1.29, 1.82) is 0 Å². The number of nitrogens with zero attached hydrogens (tertiary/aromatic N) is 3. The Kier molecular flexibility index (Phi) is 17.1. The number of amides is 2. The molecule has 34 heavy (non-hydrogen) atoms. The Morgan fingerprint density at radius 3 is 1.41 bits per heavy atom. The van der Waals surface area contributed by atoms with Crippen LogP contribution in [0.15, 0.2) is 0 Å². The highest BCUT2D eigenvalue weighted by molar-refractivity contribution is 5.79. The van der Waals surface area contributed by atoms with Gasteiger partial charge in [0.1, 0.15) is 0 Å². The van der Waals surface area contributed by atoms with Gasteiger partial charge >= 0.3 is 17.9 Å². The third-order valence-corrected chi connectivity index (χ3v) is 4.48. The van der Waals surface area contributed by atoms with E-state index in [9.17, 15) is 29.1 Å². The summed E-state index contributed by atoms with van der Waals surface area (Å²) in [7, 11) is 1.48. The minimum absolute atomic E-state index is 0.0905. The molecule has 5 N–H and O–H groups in total. The van der Waals surface area contributed by atoms with Crippen LogP contribution in [0.2, 0.25) is 0 Å². The van der Waals surface area contributed by atoms with Crippen LogP contribution in [-0.4, -0.2) is 145 Å². The van der Waals surface area contributed by atoms with Crippen LogP contribution >= 0.6 is 0 Å². The molecule has 14 nitrogen and oxygen atoms in total. The van der Waals surface area contributed by atoms with Gasteiger partial charge in [-0.1, -0.05) is 6.92 Å². The lowest BCUT2D eigenvalue weighted by atomic mass is 10.3. The van der Waals surface area contributed by atoms with Crippen molar-refractivity contribution in [3.63, 3.8) is 0 Å². The molecule has 0 heterocycles. The topological polar surface area (TPSA) is 189 Å². The fourth-order valence-electron chi connectivity index (χ4n) is 2.91. The van der Waals surface area contributed by atoms with E-state index in [2.05, 4.69) is 10.6 Å². The quantitative estimate of drug-likeness (QED) is 0.106. The molecule has 0 atom stereocenters. The lowest BCUT2D eigenvalue weighted by Crippen LogP contribution is -2.47. The maximum absolute atomic E-state index is 12.0. The largest absolute Gasteiger partial charge is 0.480 e. The molecule has 0 aliphatic heterocycles. The van der Waals surface area contributed by atoms with E-state index in [4.69, 9.17) is 14.9 Å². The summed E-state index contributed by atoms with van der Waals surface area (Å²) in [6.45, 7) is 1.84. The standard InChI is InChI=1S/C20H37N5O9/c1-3-4-21-16(26)11-24(14-19(30)31)8-6-23(13-18(28)29)7-9-25(15-20(32)33)12-17(27)22-5-10-34-2/h3-15H2,1-2H3,(H,21,26)(H,22,27)(H,28,29)(H,30,31)(H,32,33). The first-order valence-corrected chi connectivity index (χ1v) is 10.9. The molecule has 0 fully saturated rings. The maximum Gasteiger partial charge on any atom is 0.317 e. The highest BCUT2D eigenvalue weighted by Gasteiger charge is 2.19. The summed E-state index contributed by atoms with van der Waals surface area (Å²) < 4.78 is 4.84. The highest BCUT2D eigenvalue weighted by atomic mass is 16.5. The van der Waals surface area contributed by atoms with Crippen LogP contribution in [0.3, 0.4) is 0 Å². The number of carboxylic acid groups (broad SMARTS) is 3. The van der Waals surface area contributed by atoms with Crippen molar-refractivity contribution in [3.8, 4) is 0 Å². The van der Waals surface area contributed by atoms with Gasteiger partial charge in [0.25, 0.3) is 0 Å². The van der Waals surface area contributed by atoms with Crippen molar-refractivity contribution < 1.29 is 44.0 Å². The Balaban J connectivity index is 5.01. The Labute approximate surface area is 198 Å². The van der Waals surface area contributed by atoms with E-state index < -0.39 is 36.9 Å². The molecule has 0 saturated carbocycles. The van der Waals surface area contributed by atoms with Crippen molar-refractivity contribution >= 4 is 29.7 Å². The van der Waals surface area contributed by atoms with Crippen molar-refractivity contribution in [2.45, 2.75) is 13.3 Å². The average molecular weight is 492 g/mol. The first-order valence-electron chi connectivity index (χ1n) is 10.9. The minimum Gasteiger partial charge on any atom is -0.480 e. The van der Waals surface area contributed by atoms with Gasteiger partial charge in [0, 0.05) is 46.4 Å². The second-order valence-corrected chi connectivity index (χ2v) is 7.57. The molecular weight excluding hydrogens is 454 g/mol. The van der Waals surface area contributed by atoms with E-state index >= 15 is 0 Å². The summed E-state index contributed by atoms with van der Waals surface area (Å²) in [5.74, 6) is -4.11. The Morgan fingerprint density at radius 2 is 1.03 bits per heavy atom. The lowest BCUT2D eigenvalue weighted by molar-refractivity contribution is -0.141. The summed E-state index contributed by atoms with van der Waals surface area (Å²) in [6, 6.07) is 0. The summed E-state index contributed by atoms with van der Waals surface area (Å²) in [4.78, 5) is 61.8. The van der Waals surface area contributed by atoms with Gasteiger partial charge in [0.2, 0.25) is 11.8 Å². The van der Waals surface area contributed by atoms with Gasteiger partial charge in [-0.25, -0.2) is 0 Å². The van der Waals surface area contributed by atoms with Gasteiger partial charge in [0.05, 0.1) is 39.3 Å². The van der Waals surface area contributed by atoms with Crippen LogP contribution in [0.4, 0.5) is 0 Å². The number of carbonyl (C=O) groups is 5. The summed E-state index contributed by atoms with van der Waals surface area (Å²) in [6.07, 6.45) is 0.730. The van der Waals surface area contributed by atoms with E-state index in [-0.39, 0.29) is 58.3 Å². The normalized spacial score (nSPS) is 11.1. The molecule has 0 rings (SSSR count). The monoisotopic (exact) mass is 491 g/mol. The van der Waals surface area contributed by atoms with Crippen molar-refractivity contribution in [1.82, 2.24) is 25.3 Å². The number of carbonyl (C=O) groups excluding carboxylic acids is 2. The van der Waals surface area contributed by atoms with Gasteiger partial charge in [-0.2, -0.15) is 0 Å². The molecule has 14 heteroatoms. The van der Waals surface area contributed by atoms with Crippen LogP contribution in [0.25, 0.3) is 0 Å². The first-order chi connectivity index (χ1) is 16.1. The molecule has 0 aromatic heterocycles. The second-order valence-electron chi connectivity index (χ2n) is 7.57. The second kappa shape index (κ2) is 18.6. The number of ether oxygens (including phenoxy) is 1. The van der Waals surface area contributed by atoms with Crippen molar-refractivity contribution in [2.24, 2.45) is 0 Å². The molecule has 0 unspecified atom stereocenters. The van der Waals surface area contributed by atoms with Gasteiger partial charge in [-0.3, -0.25) is 38.7 Å². The number of nitrogens with one attached hydrogen (secondary N) is 2. The highest BCUT2D eigenvalue weighted by Crippen LogP contribution is 1.97. The van der Waals surface area contributed by atoms with Gasteiger partial charge in [0.15, 0.2) is 0 Å². The third kappa shape index (κ3) is 17.7. The van der Waals surface area contributed by atoms with Gasteiger partial charge < -0.3 is 30.7 Å². The third-order valence-electron chi connectivity index (χ3n) is 4.48. The lowest BCUT2D eigenvalue weighted by Gasteiger charge is -2.28. The van der Waals surface area contributed by atoms with E-state index in [0.29, 0.717) is 13.2 Å². The van der Waals surface area contributed by atoms with Crippen molar-refractivity contribution in [2.75, 3.05) is 85.7 Å². The number of aliphatic carboxylic acids is 3. The smallest absolute Gasteiger partial charge is 0.317 e. The van der Waals surface area contributed by atoms with Crippen molar-refractivity contribution in [3.05, 3.63) is 0 Å². The number of methoxy groups -OCH3 is 1. The number of rotatable bonds is 21. The Morgan fingerprint density at radius 1 is 0.647 bits per heavy atom. The number of hydrogen-bond acceptors (Lipinski definition) is 9. The fourth-order valence-corrected chi connectivity index (χ4v) is 2.91. The maximum atomic E-state index is 12.0. The fraction of sp³-hybridized carbons (Fsp3) is 0.750. The molecule has 2 amide bonds. The van der Waals surface area contributed by atoms with Gasteiger partial charge in [-0.15, -0.1) is 0 Å². The van der Waals surface area contributed by atoms with Crippen LogP contribution < -0.4 is 10.6 Å². The predicted molar refractivity (Wildman–Crippen MR) is 120 cm³/mol. The average Bonchev–Trinajstić information content (AvgIpc) is 2.72. The van der Waals surface area contributed by atoms with Crippen LogP contribution in [-0.2, 0) is 28.7 Å². The van der Waals surface area contributed by atoms with Crippen LogP contribution in [0, 0.1) is 0 Å². The predicted octanol–water partition coefficient (Wildman–Crippen LogP) is -2.56. The molecule has 0 radical (unpaired) electrons. The molecular formula is C20H37N5O9. The first kappa shape index (κ1) is 31.2. The molecule has 0 saturated heterocycles. The molecule has 196 valence electrons. The Bertz CT molecular complexity index is 662. The summed E-state index contributed by atoms with van der Waals surface area (Å²) >= 11 is 0. The molecule has 0 aliphatic carbocycles. The zero-order valence-electron chi connectivity index (χ0n) is 19.8. The van der Waals surface area contributed by atoms with Gasteiger partial charge in [-0.05, 0) is 6.42 Å². The molecule has 0 aromatic carbocycles. The summed E-state index contributed by atoms with van der Waals surface area (Å²) in [5, 5.41) is 32.7. The van der Waals surface area contributed by atoms with Crippen LogP contribution in [0.1, 0.15) is 13.3 Å². The molecule has 0 aromatic rings. The number of hydrogen-bond donors (Lipinski definition) is 5. The SMILES string of the molecule is CCCNC(=O)CN(CCN(CCN(CC(=O)O)CC(=O)NCCOC)CC(=O)O)CC(=O)O. The van der Waals surface area contributed by atoms with E-state index in [1.54, 1.807) is 0 Å². The minimum atomic E-state index is -1.14. The molecule has 0 aliphatic rings. The van der Waals surface area contributed by atoms with E-state index in [0.717, 1.165) is 6.42 Å². The van der Waals surface area contributed by atoms with E-state index in [1.807, 2.05) is 6.92 Å².